The number of fused-ring (bicyclic) bond motifs is 3. The van der Waals surface area contributed by atoms with E-state index in [1.807, 2.05) is 0 Å². The fourth-order valence-corrected chi connectivity index (χ4v) is 2.95. The number of rotatable bonds is 4. The molecule has 3 rings (SSSR count). The van der Waals surface area contributed by atoms with Crippen LogP contribution in [0.15, 0.2) is 42.5 Å². The molecular formula is C17H21ClN2O. The van der Waals surface area contributed by atoms with Crippen molar-refractivity contribution in [3.63, 3.8) is 0 Å². The molecule has 4 heteroatoms. The van der Waals surface area contributed by atoms with Crippen LogP contribution < -0.4 is 5.73 Å². The van der Waals surface area contributed by atoms with Gasteiger partial charge < -0.3 is 15.4 Å². The number of hydrogen-bond donors (Lipinski definition) is 2. The molecule has 2 aromatic carbocycles. The lowest BCUT2D eigenvalue weighted by Gasteiger charge is -2.11. The Morgan fingerprint density at radius 3 is 2.52 bits per heavy atom. The van der Waals surface area contributed by atoms with E-state index in [1.54, 1.807) is 0 Å². The number of para-hydroxylation sites is 1. The van der Waals surface area contributed by atoms with E-state index < -0.39 is 0 Å². The smallest absolute Gasteiger partial charge is 0.0491 e. The molecule has 112 valence electrons. The molecule has 1 aromatic heterocycles. The fourth-order valence-electron chi connectivity index (χ4n) is 2.95. The first-order chi connectivity index (χ1) is 9.76. The van der Waals surface area contributed by atoms with E-state index in [4.69, 9.17) is 10.8 Å². The molecule has 3 N–H and O–H groups in total. The monoisotopic (exact) mass is 304 g/mol. The highest BCUT2D eigenvalue weighted by atomic mass is 35.5. The number of hydrogen-bond acceptors (Lipinski definition) is 2. The highest BCUT2D eigenvalue weighted by Gasteiger charge is 2.12. The van der Waals surface area contributed by atoms with Crippen LogP contribution in [0.3, 0.4) is 0 Å². The number of aryl methyl sites for hydroxylation is 1. The second kappa shape index (κ2) is 6.48. The molecule has 3 aromatic rings. The fraction of sp³-hybridized carbons (Fsp3) is 0.294. The van der Waals surface area contributed by atoms with Crippen molar-refractivity contribution < 1.29 is 5.11 Å². The molecule has 0 aliphatic heterocycles. The van der Waals surface area contributed by atoms with Crippen LogP contribution in [0, 0.1) is 0 Å². The topological polar surface area (TPSA) is 51.2 Å². The first-order valence-corrected chi connectivity index (χ1v) is 7.13. The lowest BCUT2D eigenvalue weighted by atomic mass is 10.0. The molecule has 0 saturated carbocycles. The SMILES string of the molecule is CCn1c2ccccc2c2cc([C@H](N)CCO)ccc21.Cl. The maximum Gasteiger partial charge on any atom is 0.0491 e. The summed E-state index contributed by atoms with van der Waals surface area (Å²) in [5.41, 5.74) is 9.71. The predicted molar refractivity (Wildman–Crippen MR) is 91.0 cm³/mol. The van der Waals surface area contributed by atoms with Gasteiger partial charge in [0.15, 0.2) is 0 Å². The molecule has 1 atom stereocenters. The van der Waals surface area contributed by atoms with Gasteiger partial charge in [0.25, 0.3) is 0 Å². The van der Waals surface area contributed by atoms with E-state index >= 15 is 0 Å². The Hall–Kier alpha value is -1.55. The zero-order valence-corrected chi connectivity index (χ0v) is 12.9. The lowest BCUT2D eigenvalue weighted by molar-refractivity contribution is 0.276. The molecule has 0 fully saturated rings. The van der Waals surface area contributed by atoms with Gasteiger partial charge in [-0.2, -0.15) is 0 Å². The molecule has 0 unspecified atom stereocenters. The third kappa shape index (κ3) is 2.64. The van der Waals surface area contributed by atoms with E-state index in [1.165, 1.54) is 21.8 Å². The predicted octanol–water partition coefficient (Wildman–Crippen LogP) is 3.62. The number of aliphatic hydroxyl groups excluding tert-OH is 1. The minimum absolute atomic E-state index is 0. The molecule has 1 heterocycles. The molecule has 0 saturated heterocycles. The summed E-state index contributed by atoms with van der Waals surface area (Å²) < 4.78 is 2.33. The summed E-state index contributed by atoms with van der Waals surface area (Å²) in [6, 6.07) is 14.8. The van der Waals surface area contributed by atoms with Crippen molar-refractivity contribution in [3.8, 4) is 0 Å². The summed E-state index contributed by atoms with van der Waals surface area (Å²) in [6.45, 7) is 3.24. The maximum absolute atomic E-state index is 9.04. The highest BCUT2D eigenvalue weighted by Crippen LogP contribution is 2.31. The number of aliphatic hydroxyl groups is 1. The molecule has 0 radical (unpaired) electrons. The Morgan fingerprint density at radius 1 is 1.10 bits per heavy atom. The Balaban J connectivity index is 0.00000161. The average Bonchev–Trinajstić information content (AvgIpc) is 2.80. The second-order valence-corrected chi connectivity index (χ2v) is 5.16. The molecule has 0 amide bonds. The number of benzene rings is 2. The molecular weight excluding hydrogens is 284 g/mol. The van der Waals surface area contributed by atoms with Gasteiger partial charge in [0.05, 0.1) is 0 Å². The molecule has 0 spiro atoms. The van der Waals surface area contributed by atoms with E-state index in [0.717, 1.165) is 12.1 Å². The summed E-state index contributed by atoms with van der Waals surface area (Å²) in [4.78, 5) is 0. The summed E-state index contributed by atoms with van der Waals surface area (Å²) in [5.74, 6) is 0. The quantitative estimate of drug-likeness (QED) is 0.773. The van der Waals surface area contributed by atoms with E-state index in [-0.39, 0.29) is 25.1 Å². The molecule has 3 nitrogen and oxygen atoms in total. The molecule has 0 aliphatic carbocycles. The number of nitrogens with two attached hydrogens (primary N) is 1. The van der Waals surface area contributed by atoms with E-state index in [0.29, 0.717) is 6.42 Å². The first-order valence-electron chi connectivity index (χ1n) is 7.13. The van der Waals surface area contributed by atoms with Crippen molar-refractivity contribution in [1.29, 1.82) is 0 Å². The summed E-state index contributed by atoms with van der Waals surface area (Å²) >= 11 is 0. The second-order valence-electron chi connectivity index (χ2n) is 5.16. The number of halogens is 1. The van der Waals surface area contributed by atoms with Crippen LogP contribution in [0.2, 0.25) is 0 Å². The Morgan fingerprint density at radius 2 is 1.81 bits per heavy atom. The van der Waals surface area contributed by atoms with Gasteiger partial charge in [-0.1, -0.05) is 24.3 Å². The van der Waals surface area contributed by atoms with Gasteiger partial charge >= 0.3 is 0 Å². The number of aromatic nitrogens is 1. The van der Waals surface area contributed by atoms with Crippen molar-refractivity contribution in [2.75, 3.05) is 6.61 Å². The van der Waals surface area contributed by atoms with Crippen LogP contribution in [0.4, 0.5) is 0 Å². The van der Waals surface area contributed by atoms with Gasteiger partial charge in [0, 0.05) is 41.0 Å². The molecule has 21 heavy (non-hydrogen) atoms. The van der Waals surface area contributed by atoms with Gasteiger partial charge in [-0.15, -0.1) is 12.4 Å². The van der Waals surface area contributed by atoms with Crippen LogP contribution >= 0.6 is 12.4 Å². The highest BCUT2D eigenvalue weighted by molar-refractivity contribution is 6.08. The number of nitrogens with zero attached hydrogens (tertiary/aromatic N) is 1. The van der Waals surface area contributed by atoms with E-state index in [2.05, 4.69) is 54.0 Å². The maximum atomic E-state index is 9.04. The average molecular weight is 305 g/mol. The van der Waals surface area contributed by atoms with Crippen molar-refractivity contribution >= 4 is 34.2 Å². The largest absolute Gasteiger partial charge is 0.396 e. The summed E-state index contributed by atoms with van der Waals surface area (Å²) in [6.07, 6.45) is 0.595. The standard InChI is InChI=1S/C17H20N2O.ClH/c1-2-19-16-6-4-3-5-13(16)14-11-12(7-8-17(14)19)15(18)9-10-20;/h3-8,11,15,20H,2,9-10,18H2,1H3;1H/t15-;/m1./s1. The van der Waals surface area contributed by atoms with Crippen molar-refractivity contribution in [1.82, 2.24) is 4.57 Å². The summed E-state index contributed by atoms with van der Waals surface area (Å²) in [5, 5.41) is 11.6. The third-order valence-electron chi connectivity index (χ3n) is 3.98. The van der Waals surface area contributed by atoms with Crippen LogP contribution in [0.1, 0.15) is 24.9 Å². The minimum atomic E-state index is -0.104. The normalized spacial score (nSPS) is 12.5. The summed E-state index contributed by atoms with van der Waals surface area (Å²) in [7, 11) is 0. The molecule has 0 bridgehead atoms. The Labute approximate surface area is 130 Å². The van der Waals surface area contributed by atoms with Crippen molar-refractivity contribution in [2.24, 2.45) is 5.73 Å². The van der Waals surface area contributed by atoms with Gasteiger partial charge in [0.2, 0.25) is 0 Å². The van der Waals surface area contributed by atoms with E-state index in [9.17, 15) is 0 Å². The lowest BCUT2D eigenvalue weighted by Crippen LogP contribution is -2.11. The Kier molecular flexibility index (Phi) is 4.88. The van der Waals surface area contributed by atoms with Crippen molar-refractivity contribution in [2.45, 2.75) is 25.9 Å². The Bertz CT molecular complexity index is 751. The third-order valence-corrected chi connectivity index (χ3v) is 3.98. The first kappa shape index (κ1) is 15.8. The van der Waals surface area contributed by atoms with Crippen LogP contribution in [-0.4, -0.2) is 16.3 Å². The van der Waals surface area contributed by atoms with Gasteiger partial charge in [-0.05, 0) is 37.1 Å². The minimum Gasteiger partial charge on any atom is -0.396 e. The molecule has 0 aliphatic rings. The van der Waals surface area contributed by atoms with Crippen LogP contribution in [0.25, 0.3) is 21.8 Å². The van der Waals surface area contributed by atoms with Crippen LogP contribution in [-0.2, 0) is 6.54 Å². The van der Waals surface area contributed by atoms with Crippen LogP contribution in [0.5, 0.6) is 0 Å². The van der Waals surface area contributed by atoms with Crippen molar-refractivity contribution in [3.05, 3.63) is 48.0 Å². The van der Waals surface area contributed by atoms with Gasteiger partial charge in [0.1, 0.15) is 0 Å². The zero-order valence-electron chi connectivity index (χ0n) is 12.1. The zero-order chi connectivity index (χ0) is 14.1. The van der Waals surface area contributed by atoms with Gasteiger partial charge in [-0.25, -0.2) is 0 Å². The van der Waals surface area contributed by atoms with Gasteiger partial charge in [-0.3, -0.25) is 0 Å².